The minimum Gasteiger partial charge on any atom is -0.493 e. The maximum Gasteiger partial charge on any atom is 0.341 e. The summed E-state index contributed by atoms with van der Waals surface area (Å²) in [6, 6.07) is 5.12. The van der Waals surface area contributed by atoms with Gasteiger partial charge in [0.2, 0.25) is 0 Å². The molecule has 0 aliphatic heterocycles. The molecule has 0 saturated heterocycles. The smallest absolute Gasteiger partial charge is 0.341 e. The molecule has 150 valence electrons. The molecule has 0 spiro atoms. The van der Waals surface area contributed by atoms with Gasteiger partial charge in [-0.05, 0) is 49.8 Å². The van der Waals surface area contributed by atoms with Crippen LogP contribution in [0.2, 0.25) is 0 Å². The molecule has 1 aromatic carbocycles. The molecule has 1 aromatic heterocycles. The predicted molar refractivity (Wildman–Crippen MR) is 109 cm³/mol. The molecule has 1 aliphatic rings. The molecule has 0 unspecified atom stereocenters. The quantitative estimate of drug-likeness (QED) is 0.727. The summed E-state index contributed by atoms with van der Waals surface area (Å²) >= 11 is 1.46. The minimum absolute atomic E-state index is 0.289. The Balaban J connectivity index is 1.98. The average molecular weight is 404 g/mol. The molecule has 28 heavy (non-hydrogen) atoms. The minimum atomic E-state index is -0.387. The van der Waals surface area contributed by atoms with Crippen LogP contribution in [0.1, 0.15) is 51.4 Å². The van der Waals surface area contributed by atoms with E-state index in [1.165, 1.54) is 25.6 Å². The molecule has 0 bridgehead atoms. The number of rotatable bonds is 6. The molecule has 1 heterocycles. The maximum absolute atomic E-state index is 13.0. The number of benzene rings is 1. The second kappa shape index (κ2) is 8.65. The summed E-state index contributed by atoms with van der Waals surface area (Å²) in [5, 5.41) is 3.44. The van der Waals surface area contributed by atoms with Crippen molar-refractivity contribution >= 4 is 28.2 Å². The molecular weight excluding hydrogens is 378 g/mol. The molecule has 1 atom stereocenters. The number of esters is 1. The summed E-state index contributed by atoms with van der Waals surface area (Å²) in [6.07, 6.45) is 2.75. The molecular formula is C21H25NO5S. The molecule has 2 aromatic rings. The van der Waals surface area contributed by atoms with Gasteiger partial charge in [0.05, 0.1) is 32.0 Å². The van der Waals surface area contributed by atoms with Crippen molar-refractivity contribution in [2.45, 2.75) is 33.1 Å². The van der Waals surface area contributed by atoms with E-state index in [9.17, 15) is 9.59 Å². The second-order valence-electron chi connectivity index (χ2n) is 6.77. The number of carbonyl (C=O) groups is 2. The van der Waals surface area contributed by atoms with Crippen LogP contribution in [0.4, 0.5) is 5.00 Å². The molecule has 6 nitrogen and oxygen atoms in total. The van der Waals surface area contributed by atoms with Crippen LogP contribution >= 0.6 is 11.3 Å². The van der Waals surface area contributed by atoms with Gasteiger partial charge in [0.1, 0.15) is 5.00 Å². The Morgan fingerprint density at radius 3 is 2.71 bits per heavy atom. The van der Waals surface area contributed by atoms with Gasteiger partial charge in [0, 0.05) is 4.88 Å². The van der Waals surface area contributed by atoms with E-state index in [2.05, 4.69) is 12.2 Å². The molecule has 1 amide bonds. The molecule has 7 heteroatoms. The van der Waals surface area contributed by atoms with Crippen LogP contribution in [0.15, 0.2) is 18.2 Å². The number of thiophene rings is 1. The van der Waals surface area contributed by atoms with Crippen molar-refractivity contribution in [2.75, 3.05) is 26.1 Å². The highest BCUT2D eigenvalue weighted by Crippen LogP contribution is 2.41. The van der Waals surface area contributed by atoms with E-state index >= 15 is 0 Å². The number of fused-ring (bicyclic) bond motifs is 1. The van der Waals surface area contributed by atoms with E-state index in [-0.39, 0.29) is 18.5 Å². The molecule has 1 aliphatic carbocycles. The van der Waals surface area contributed by atoms with Crippen molar-refractivity contribution in [3.8, 4) is 11.5 Å². The average Bonchev–Trinajstić information content (AvgIpc) is 3.04. The number of carbonyl (C=O) groups excluding carboxylic acids is 2. The lowest BCUT2D eigenvalue weighted by Crippen LogP contribution is -2.17. The number of nitrogens with one attached hydrogen (secondary N) is 1. The number of amides is 1. The van der Waals surface area contributed by atoms with Crippen molar-refractivity contribution in [3.05, 3.63) is 39.8 Å². The number of anilines is 1. The van der Waals surface area contributed by atoms with Gasteiger partial charge in [0.15, 0.2) is 11.5 Å². The Bertz CT molecular complexity index is 889. The van der Waals surface area contributed by atoms with Gasteiger partial charge in [-0.2, -0.15) is 0 Å². The third-order valence-electron chi connectivity index (χ3n) is 4.87. The first-order valence-electron chi connectivity index (χ1n) is 9.34. The molecule has 0 fully saturated rings. The summed E-state index contributed by atoms with van der Waals surface area (Å²) in [6.45, 7) is 4.27. The predicted octanol–water partition coefficient (Wildman–Crippen LogP) is 4.32. The highest BCUT2D eigenvalue weighted by Gasteiger charge is 2.29. The normalized spacial score (nSPS) is 15.5. The van der Waals surface area contributed by atoms with Crippen LogP contribution in [-0.4, -0.2) is 32.7 Å². The Kier molecular flexibility index (Phi) is 6.24. The van der Waals surface area contributed by atoms with Crippen LogP contribution in [-0.2, 0) is 17.6 Å². The molecule has 3 rings (SSSR count). The van der Waals surface area contributed by atoms with E-state index < -0.39 is 0 Å². The lowest BCUT2D eigenvalue weighted by Gasteiger charge is -2.18. The number of para-hydroxylation sites is 1. The summed E-state index contributed by atoms with van der Waals surface area (Å²) in [5.74, 6) is 0.647. The van der Waals surface area contributed by atoms with E-state index in [1.807, 2.05) is 0 Å². The van der Waals surface area contributed by atoms with Crippen molar-refractivity contribution in [2.24, 2.45) is 5.92 Å². The van der Waals surface area contributed by atoms with Gasteiger partial charge in [-0.3, -0.25) is 4.79 Å². The lowest BCUT2D eigenvalue weighted by molar-refractivity contribution is 0.0526. The van der Waals surface area contributed by atoms with E-state index in [4.69, 9.17) is 14.2 Å². The van der Waals surface area contributed by atoms with Crippen LogP contribution < -0.4 is 14.8 Å². The number of hydrogen-bond donors (Lipinski definition) is 1. The summed E-state index contributed by atoms with van der Waals surface area (Å²) in [5.41, 5.74) is 1.84. The van der Waals surface area contributed by atoms with E-state index in [0.717, 1.165) is 29.7 Å². The summed E-state index contributed by atoms with van der Waals surface area (Å²) in [4.78, 5) is 26.7. The first-order chi connectivity index (χ1) is 13.5. The van der Waals surface area contributed by atoms with Crippen molar-refractivity contribution in [1.29, 1.82) is 0 Å². The molecule has 1 N–H and O–H groups in total. The fraction of sp³-hybridized carbons (Fsp3) is 0.429. The zero-order valence-corrected chi connectivity index (χ0v) is 17.4. The maximum atomic E-state index is 13.0. The van der Waals surface area contributed by atoms with Crippen molar-refractivity contribution < 1.29 is 23.8 Å². The van der Waals surface area contributed by atoms with Crippen LogP contribution in [0, 0.1) is 5.92 Å². The van der Waals surface area contributed by atoms with Gasteiger partial charge < -0.3 is 19.5 Å². The molecule has 0 radical (unpaired) electrons. The largest absolute Gasteiger partial charge is 0.493 e. The van der Waals surface area contributed by atoms with Crippen LogP contribution in [0.3, 0.4) is 0 Å². The van der Waals surface area contributed by atoms with Gasteiger partial charge in [-0.1, -0.05) is 13.0 Å². The third-order valence-corrected chi connectivity index (χ3v) is 6.04. The second-order valence-corrected chi connectivity index (χ2v) is 7.88. The van der Waals surface area contributed by atoms with Gasteiger partial charge in [-0.25, -0.2) is 4.79 Å². The third kappa shape index (κ3) is 3.85. The standard InChI is InChI=1S/C21H25NO5S/c1-5-27-21(24)17-13-10-9-12(2)11-16(13)28-20(17)22-19(23)14-7-6-8-15(25-3)18(14)26-4/h6-8,12H,5,9-11H2,1-4H3,(H,22,23)/t12-/m1/s1. The highest BCUT2D eigenvalue weighted by molar-refractivity contribution is 7.17. The van der Waals surface area contributed by atoms with E-state index in [0.29, 0.717) is 33.5 Å². The fourth-order valence-electron chi connectivity index (χ4n) is 3.49. The van der Waals surface area contributed by atoms with Crippen molar-refractivity contribution in [1.82, 2.24) is 0 Å². The lowest BCUT2D eigenvalue weighted by atomic mass is 9.88. The Morgan fingerprint density at radius 1 is 1.25 bits per heavy atom. The van der Waals surface area contributed by atoms with Gasteiger partial charge >= 0.3 is 5.97 Å². The SMILES string of the molecule is CCOC(=O)c1c(NC(=O)c2cccc(OC)c2OC)sc2c1CC[C@@H](C)C2. The zero-order chi connectivity index (χ0) is 20.3. The zero-order valence-electron chi connectivity index (χ0n) is 16.6. The number of hydrogen-bond acceptors (Lipinski definition) is 6. The Labute approximate surface area is 168 Å². The Hall–Kier alpha value is -2.54. The first kappa shape index (κ1) is 20.2. The number of ether oxygens (including phenoxy) is 3. The first-order valence-corrected chi connectivity index (χ1v) is 10.2. The monoisotopic (exact) mass is 403 g/mol. The topological polar surface area (TPSA) is 73.9 Å². The summed E-state index contributed by atoms with van der Waals surface area (Å²) in [7, 11) is 3.01. The summed E-state index contributed by atoms with van der Waals surface area (Å²) < 4.78 is 15.9. The van der Waals surface area contributed by atoms with Gasteiger partial charge in [-0.15, -0.1) is 11.3 Å². The number of methoxy groups -OCH3 is 2. The Morgan fingerprint density at radius 2 is 2.04 bits per heavy atom. The van der Waals surface area contributed by atoms with Crippen LogP contribution in [0.5, 0.6) is 11.5 Å². The molecule has 0 saturated carbocycles. The highest BCUT2D eigenvalue weighted by atomic mass is 32.1. The van der Waals surface area contributed by atoms with Crippen molar-refractivity contribution in [3.63, 3.8) is 0 Å². The van der Waals surface area contributed by atoms with E-state index in [1.54, 1.807) is 25.1 Å². The van der Waals surface area contributed by atoms with Gasteiger partial charge in [0.25, 0.3) is 5.91 Å². The fourth-order valence-corrected chi connectivity index (χ4v) is 4.89. The van der Waals surface area contributed by atoms with Crippen LogP contribution in [0.25, 0.3) is 0 Å².